The average molecular weight is 568 g/mol. The van der Waals surface area contributed by atoms with Crippen LogP contribution in [0, 0.1) is 18.7 Å². The van der Waals surface area contributed by atoms with Gasteiger partial charge in [0.05, 0.1) is 31.1 Å². The number of pyridine rings is 2. The van der Waals surface area contributed by atoms with Crippen LogP contribution in [0.25, 0.3) is 11.0 Å². The molecular formula is C28H34FN7O5. The van der Waals surface area contributed by atoms with E-state index in [4.69, 9.17) is 0 Å². The number of ether oxygens (including phenoxy) is 1. The van der Waals surface area contributed by atoms with Gasteiger partial charge in [0.2, 0.25) is 11.8 Å². The van der Waals surface area contributed by atoms with Crippen molar-refractivity contribution in [1.29, 1.82) is 0 Å². The Kier molecular flexibility index (Phi) is 9.15. The van der Waals surface area contributed by atoms with Crippen molar-refractivity contribution in [3.8, 4) is 0 Å². The number of likely N-dealkylation sites (N-methyl/N-ethyl adjacent to an activating group) is 1. The van der Waals surface area contributed by atoms with Crippen LogP contribution in [0.15, 0.2) is 35.3 Å². The fourth-order valence-electron chi connectivity index (χ4n) is 4.29. The van der Waals surface area contributed by atoms with E-state index in [2.05, 4.69) is 30.3 Å². The number of imidazole rings is 1. The summed E-state index contributed by atoms with van der Waals surface area (Å²) in [5.41, 5.74) is 1.56. The van der Waals surface area contributed by atoms with Gasteiger partial charge in [-0.1, -0.05) is 6.08 Å². The predicted octanol–water partition coefficient (Wildman–Crippen LogP) is 2.66. The molecule has 0 spiro atoms. The molecule has 1 aliphatic rings. The van der Waals surface area contributed by atoms with E-state index in [9.17, 15) is 23.6 Å². The number of halogens is 1. The zero-order valence-electron chi connectivity index (χ0n) is 23.5. The Bertz CT molecular complexity index is 1540. The third-order valence-electron chi connectivity index (χ3n) is 6.86. The number of allylic oxidation sites excluding steroid dienone is 1. The zero-order chi connectivity index (χ0) is 29.7. The number of carbonyl (C=O) groups is 3. The predicted molar refractivity (Wildman–Crippen MR) is 150 cm³/mol. The third-order valence-corrected chi connectivity index (χ3v) is 6.86. The highest BCUT2D eigenvalue weighted by atomic mass is 19.1. The van der Waals surface area contributed by atoms with Crippen molar-refractivity contribution in [2.24, 2.45) is 5.92 Å². The van der Waals surface area contributed by atoms with Gasteiger partial charge in [0.1, 0.15) is 23.1 Å². The van der Waals surface area contributed by atoms with Crippen LogP contribution in [-0.2, 0) is 27.3 Å². The summed E-state index contributed by atoms with van der Waals surface area (Å²) in [4.78, 5) is 63.3. The highest BCUT2D eigenvalue weighted by molar-refractivity contribution is 5.96. The van der Waals surface area contributed by atoms with Gasteiger partial charge >= 0.3 is 6.09 Å². The van der Waals surface area contributed by atoms with Crippen LogP contribution in [0.1, 0.15) is 42.9 Å². The molecular weight excluding hydrogens is 533 g/mol. The number of aryl methyl sites for hydroxylation is 1. The summed E-state index contributed by atoms with van der Waals surface area (Å²) >= 11 is 0. The lowest BCUT2D eigenvalue weighted by atomic mass is 10.1. The van der Waals surface area contributed by atoms with Gasteiger partial charge in [-0.15, -0.1) is 0 Å². The fraction of sp³-hybridized carbons (Fsp3) is 0.429. The Morgan fingerprint density at radius 2 is 2.05 bits per heavy atom. The highest BCUT2D eigenvalue weighted by Crippen LogP contribution is 2.33. The average Bonchev–Trinajstić information content (AvgIpc) is 3.66. The standard InChI is InChI=1S/C28H34FN7O5/c1-16-9-12-20(31-26(38)19(32-28(40)41-4)7-5-6-8-23(37)35(2)3)27(39)36(16)15-22-33-24-18(29)14-30-21(25(24)34-22)13-17-10-11-17/h6,8-9,12,14,17,19H,5,7,10-11,13,15H2,1-4H3,(H,31,38)(H,32,40)(H,33,34)/b8-6+. The number of nitrogens with one attached hydrogen (secondary N) is 3. The molecule has 0 radical (unpaired) electrons. The smallest absolute Gasteiger partial charge is 0.407 e. The van der Waals surface area contributed by atoms with Crippen LogP contribution in [0.2, 0.25) is 0 Å². The van der Waals surface area contributed by atoms with E-state index in [1.54, 1.807) is 33.2 Å². The molecule has 1 saturated carbocycles. The molecule has 13 heteroatoms. The molecule has 3 aromatic heterocycles. The van der Waals surface area contributed by atoms with Crippen LogP contribution in [0.3, 0.4) is 0 Å². The van der Waals surface area contributed by atoms with Crippen LogP contribution < -0.4 is 16.2 Å². The van der Waals surface area contributed by atoms with Crippen LogP contribution >= 0.6 is 0 Å². The van der Waals surface area contributed by atoms with Crippen molar-refractivity contribution in [2.45, 2.75) is 51.6 Å². The van der Waals surface area contributed by atoms with Gasteiger partial charge in [-0.3, -0.25) is 19.4 Å². The highest BCUT2D eigenvalue weighted by Gasteiger charge is 2.25. The molecule has 1 unspecified atom stereocenters. The van der Waals surface area contributed by atoms with Gasteiger partial charge < -0.3 is 29.8 Å². The lowest BCUT2D eigenvalue weighted by Crippen LogP contribution is -2.44. The second kappa shape index (κ2) is 12.7. The normalized spacial score (nSPS) is 13.8. The molecule has 0 saturated heterocycles. The zero-order valence-corrected chi connectivity index (χ0v) is 23.5. The molecule has 3 N–H and O–H groups in total. The first-order valence-corrected chi connectivity index (χ1v) is 13.3. The summed E-state index contributed by atoms with van der Waals surface area (Å²) < 4.78 is 20.5. The molecule has 12 nitrogen and oxygen atoms in total. The van der Waals surface area contributed by atoms with E-state index < -0.39 is 29.4 Å². The molecule has 218 valence electrons. The maximum absolute atomic E-state index is 14.5. The molecule has 1 aliphatic carbocycles. The van der Waals surface area contributed by atoms with Gasteiger partial charge in [0.15, 0.2) is 5.82 Å². The molecule has 1 atom stereocenters. The Labute approximate surface area is 236 Å². The van der Waals surface area contributed by atoms with Crippen LogP contribution in [0.5, 0.6) is 0 Å². The first-order chi connectivity index (χ1) is 19.6. The number of hydrogen-bond acceptors (Lipinski definition) is 7. The van der Waals surface area contributed by atoms with E-state index in [1.807, 2.05) is 0 Å². The minimum absolute atomic E-state index is 0.00558. The number of carbonyl (C=O) groups excluding carboxylic acids is 3. The SMILES string of the molecule is COC(=O)NC(CC/C=C/C(=O)N(C)C)C(=O)Nc1ccc(C)n(Cc2nc3c(F)cnc(CC4CC4)c3[nH]2)c1=O. The first-order valence-electron chi connectivity index (χ1n) is 13.3. The fourth-order valence-corrected chi connectivity index (χ4v) is 4.29. The number of H-pyrrole nitrogens is 1. The first kappa shape index (κ1) is 29.4. The molecule has 0 aromatic carbocycles. The molecule has 4 rings (SSSR count). The van der Waals surface area contributed by atoms with Gasteiger partial charge in [0, 0.05) is 19.8 Å². The van der Waals surface area contributed by atoms with Crippen LogP contribution in [0.4, 0.5) is 14.9 Å². The molecule has 3 heterocycles. The summed E-state index contributed by atoms with van der Waals surface area (Å²) in [6, 6.07) is 2.11. The van der Waals surface area contributed by atoms with Crippen molar-refractivity contribution in [2.75, 3.05) is 26.5 Å². The number of amides is 3. The van der Waals surface area contributed by atoms with Crippen LogP contribution in [-0.4, -0.2) is 69.6 Å². The van der Waals surface area contributed by atoms with E-state index in [-0.39, 0.29) is 30.1 Å². The van der Waals surface area contributed by atoms with E-state index >= 15 is 0 Å². The summed E-state index contributed by atoms with van der Waals surface area (Å²) in [6.07, 6.45) is 6.78. The summed E-state index contributed by atoms with van der Waals surface area (Å²) in [7, 11) is 4.41. The summed E-state index contributed by atoms with van der Waals surface area (Å²) in [6.45, 7) is 1.75. The number of alkyl carbamates (subject to hydrolysis) is 1. The minimum atomic E-state index is -1.04. The van der Waals surface area contributed by atoms with Crippen molar-refractivity contribution >= 4 is 34.6 Å². The number of aromatic amines is 1. The van der Waals surface area contributed by atoms with Crippen molar-refractivity contribution < 1.29 is 23.5 Å². The maximum Gasteiger partial charge on any atom is 0.407 e. The Morgan fingerprint density at radius 3 is 2.73 bits per heavy atom. The van der Waals surface area contributed by atoms with Gasteiger partial charge in [-0.05, 0) is 63.2 Å². The lowest BCUT2D eigenvalue weighted by molar-refractivity contribution is -0.123. The molecule has 0 aliphatic heterocycles. The van der Waals surface area contributed by atoms with E-state index in [0.717, 1.165) is 25.0 Å². The number of nitrogens with zero attached hydrogens (tertiary/aromatic N) is 4. The number of anilines is 1. The number of rotatable bonds is 11. The molecule has 0 bridgehead atoms. The second-order valence-corrected chi connectivity index (χ2v) is 10.3. The number of methoxy groups -OCH3 is 1. The Balaban J connectivity index is 1.52. The molecule has 1 fully saturated rings. The largest absolute Gasteiger partial charge is 0.453 e. The summed E-state index contributed by atoms with van der Waals surface area (Å²) in [5, 5.41) is 5.05. The minimum Gasteiger partial charge on any atom is -0.453 e. The monoisotopic (exact) mass is 567 g/mol. The van der Waals surface area contributed by atoms with Gasteiger partial charge in [-0.25, -0.2) is 14.2 Å². The van der Waals surface area contributed by atoms with Crippen molar-refractivity contribution in [3.63, 3.8) is 0 Å². The quantitative estimate of drug-likeness (QED) is 0.301. The van der Waals surface area contributed by atoms with E-state index in [0.29, 0.717) is 29.4 Å². The van der Waals surface area contributed by atoms with Gasteiger partial charge in [-0.2, -0.15) is 0 Å². The van der Waals surface area contributed by atoms with Crippen molar-refractivity contribution in [1.82, 2.24) is 29.7 Å². The van der Waals surface area contributed by atoms with E-state index in [1.165, 1.54) is 34.9 Å². The summed E-state index contributed by atoms with van der Waals surface area (Å²) in [5.74, 6) is -0.465. The molecule has 41 heavy (non-hydrogen) atoms. The Hall–Kier alpha value is -4.55. The third kappa shape index (κ3) is 7.35. The topological polar surface area (TPSA) is 151 Å². The molecule has 3 amide bonds. The number of fused-ring (bicyclic) bond motifs is 1. The lowest BCUT2D eigenvalue weighted by Gasteiger charge is -2.18. The van der Waals surface area contributed by atoms with Crippen molar-refractivity contribution in [3.05, 3.63) is 63.9 Å². The number of hydrogen-bond donors (Lipinski definition) is 3. The number of aromatic nitrogens is 4. The Morgan fingerprint density at radius 1 is 1.29 bits per heavy atom. The second-order valence-electron chi connectivity index (χ2n) is 10.3. The maximum atomic E-state index is 14.5. The van der Waals surface area contributed by atoms with Gasteiger partial charge in [0.25, 0.3) is 5.56 Å². The molecule has 3 aromatic rings.